The quantitative estimate of drug-likeness (QED) is 0.618. The smallest absolute Gasteiger partial charge is 0.0277 e. The Morgan fingerprint density at radius 1 is 1.46 bits per heavy atom. The maximum Gasteiger partial charge on any atom is 0.0277 e. The fourth-order valence-corrected chi connectivity index (χ4v) is 2.47. The van der Waals surface area contributed by atoms with Gasteiger partial charge in [-0.2, -0.15) is 0 Å². The fraction of sp³-hybridized carbons (Fsp3) is 0.667. The molecule has 0 saturated carbocycles. The summed E-state index contributed by atoms with van der Waals surface area (Å²) in [5, 5.41) is 0. The van der Waals surface area contributed by atoms with E-state index in [0.29, 0.717) is 6.04 Å². The van der Waals surface area contributed by atoms with Crippen LogP contribution in [-0.2, 0) is 6.42 Å². The third kappa shape index (κ3) is 1.41. The lowest BCUT2D eigenvalue weighted by atomic mass is 9.89. The summed E-state index contributed by atoms with van der Waals surface area (Å²) < 4.78 is 2.44. The first-order chi connectivity index (χ1) is 6.20. The summed E-state index contributed by atoms with van der Waals surface area (Å²) in [6.07, 6.45) is 6.29. The Hall–Kier alpha value is -0.720. The standard InChI is InChI=1S/C12H19N/c1-9(2)13-8-7-11-6-4-5-10(3)12(11)13/h7-10H,4-6H2,1-3H3. The Labute approximate surface area is 80.8 Å². The molecule has 1 unspecified atom stereocenters. The molecule has 0 amide bonds. The predicted octanol–water partition coefficient (Wildman–Crippen LogP) is 3.51. The van der Waals surface area contributed by atoms with Gasteiger partial charge in [0.25, 0.3) is 0 Å². The summed E-state index contributed by atoms with van der Waals surface area (Å²) in [7, 11) is 0. The van der Waals surface area contributed by atoms with Gasteiger partial charge in [-0.05, 0) is 50.7 Å². The van der Waals surface area contributed by atoms with E-state index in [2.05, 4.69) is 37.6 Å². The van der Waals surface area contributed by atoms with Crippen molar-refractivity contribution in [2.24, 2.45) is 0 Å². The summed E-state index contributed by atoms with van der Waals surface area (Å²) in [5.74, 6) is 0.765. The van der Waals surface area contributed by atoms with Gasteiger partial charge in [-0.25, -0.2) is 0 Å². The van der Waals surface area contributed by atoms with Crippen molar-refractivity contribution < 1.29 is 0 Å². The van der Waals surface area contributed by atoms with Crippen LogP contribution in [0.5, 0.6) is 0 Å². The highest BCUT2D eigenvalue weighted by Crippen LogP contribution is 2.33. The predicted molar refractivity (Wildman–Crippen MR) is 56.2 cm³/mol. The van der Waals surface area contributed by atoms with Crippen molar-refractivity contribution in [3.05, 3.63) is 23.5 Å². The van der Waals surface area contributed by atoms with E-state index in [9.17, 15) is 0 Å². The van der Waals surface area contributed by atoms with Crippen molar-refractivity contribution in [3.8, 4) is 0 Å². The average molecular weight is 177 g/mol. The second kappa shape index (κ2) is 3.21. The summed E-state index contributed by atoms with van der Waals surface area (Å²) >= 11 is 0. The van der Waals surface area contributed by atoms with E-state index in [4.69, 9.17) is 0 Å². The van der Waals surface area contributed by atoms with Crippen molar-refractivity contribution in [1.82, 2.24) is 4.57 Å². The van der Waals surface area contributed by atoms with Crippen LogP contribution in [0.2, 0.25) is 0 Å². The molecule has 0 N–H and O–H groups in total. The zero-order valence-corrected chi connectivity index (χ0v) is 8.88. The van der Waals surface area contributed by atoms with E-state index >= 15 is 0 Å². The molecule has 0 spiro atoms. The third-order valence-electron chi connectivity index (χ3n) is 3.15. The molecule has 13 heavy (non-hydrogen) atoms. The van der Waals surface area contributed by atoms with Gasteiger partial charge >= 0.3 is 0 Å². The van der Waals surface area contributed by atoms with E-state index in [-0.39, 0.29) is 0 Å². The molecular formula is C12H19N. The first-order valence-electron chi connectivity index (χ1n) is 5.39. The van der Waals surface area contributed by atoms with Crippen molar-refractivity contribution in [2.45, 2.75) is 52.0 Å². The largest absolute Gasteiger partial charge is 0.348 e. The van der Waals surface area contributed by atoms with Gasteiger partial charge in [0.05, 0.1) is 0 Å². The summed E-state index contributed by atoms with van der Waals surface area (Å²) in [6.45, 7) is 6.89. The number of hydrogen-bond donors (Lipinski definition) is 0. The molecular weight excluding hydrogens is 158 g/mol. The van der Waals surface area contributed by atoms with Crippen LogP contribution in [0.25, 0.3) is 0 Å². The first kappa shape index (κ1) is 8.86. The second-order valence-corrected chi connectivity index (χ2v) is 4.52. The molecule has 1 aliphatic carbocycles. The normalized spacial score (nSPS) is 22.0. The van der Waals surface area contributed by atoms with Crippen LogP contribution in [0.1, 0.15) is 56.8 Å². The lowest BCUT2D eigenvalue weighted by Gasteiger charge is -2.24. The minimum absolute atomic E-state index is 0.615. The molecule has 1 aromatic heterocycles. The Balaban J connectivity index is 2.44. The molecule has 1 atom stereocenters. The lowest BCUT2D eigenvalue weighted by molar-refractivity contribution is 0.502. The number of aromatic nitrogens is 1. The minimum atomic E-state index is 0.615. The maximum absolute atomic E-state index is 2.44. The van der Waals surface area contributed by atoms with E-state index in [1.807, 2.05) is 0 Å². The summed E-state index contributed by atoms with van der Waals surface area (Å²) in [4.78, 5) is 0. The van der Waals surface area contributed by atoms with Gasteiger partial charge < -0.3 is 4.57 Å². The topological polar surface area (TPSA) is 4.93 Å². The van der Waals surface area contributed by atoms with Gasteiger partial charge in [-0.15, -0.1) is 0 Å². The van der Waals surface area contributed by atoms with Crippen LogP contribution < -0.4 is 0 Å². The minimum Gasteiger partial charge on any atom is -0.348 e. The average Bonchev–Trinajstić information content (AvgIpc) is 2.49. The highest BCUT2D eigenvalue weighted by molar-refractivity contribution is 5.28. The highest BCUT2D eigenvalue weighted by Gasteiger charge is 2.20. The van der Waals surface area contributed by atoms with Gasteiger partial charge in [0.1, 0.15) is 0 Å². The van der Waals surface area contributed by atoms with Crippen LogP contribution in [0.15, 0.2) is 12.3 Å². The van der Waals surface area contributed by atoms with Gasteiger partial charge in [-0.1, -0.05) is 6.92 Å². The van der Waals surface area contributed by atoms with Crippen molar-refractivity contribution >= 4 is 0 Å². The van der Waals surface area contributed by atoms with E-state index in [0.717, 1.165) is 5.92 Å². The van der Waals surface area contributed by atoms with E-state index in [1.54, 1.807) is 11.3 Å². The molecule has 1 aromatic rings. The van der Waals surface area contributed by atoms with Crippen LogP contribution in [-0.4, -0.2) is 4.57 Å². The molecule has 72 valence electrons. The molecule has 0 radical (unpaired) electrons. The SMILES string of the molecule is CC1CCCc2ccn(C(C)C)c21. The Bertz CT molecular complexity index is 296. The third-order valence-corrected chi connectivity index (χ3v) is 3.15. The number of nitrogens with zero attached hydrogens (tertiary/aromatic N) is 1. The second-order valence-electron chi connectivity index (χ2n) is 4.52. The van der Waals surface area contributed by atoms with Gasteiger partial charge in [0, 0.05) is 17.9 Å². The van der Waals surface area contributed by atoms with Crippen LogP contribution >= 0.6 is 0 Å². The first-order valence-corrected chi connectivity index (χ1v) is 5.39. The molecule has 2 rings (SSSR count). The zero-order valence-electron chi connectivity index (χ0n) is 8.88. The number of rotatable bonds is 1. The molecule has 0 aliphatic heterocycles. The van der Waals surface area contributed by atoms with E-state index in [1.165, 1.54) is 19.3 Å². The molecule has 0 bridgehead atoms. The number of hydrogen-bond acceptors (Lipinski definition) is 0. The monoisotopic (exact) mass is 177 g/mol. The Morgan fingerprint density at radius 2 is 2.23 bits per heavy atom. The summed E-state index contributed by atoms with van der Waals surface area (Å²) in [5.41, 5.74) is 3.19. The molecule has 1 heterocycles. The molecule has 1 aliphatic rings. The Kier molecular flexibility index (Phi) is 2.19. The molecule has 0 aromatic carbocycles. The molecule has 1 heteroatoms. The van der Waals surface area contributed by atoms with Crippen molar-refractivity contribution in [3.63, 3.8) is 0 Å². The van der Waals surface area contributed by atoms with Gasteiger partial charge in [0.15, 0.2) is 0 Å². The van der Waals surface area contributed by atoms with Crippen LogP contribution in [0.4, 0.5) is 0 Å². The number of fused-ring (bicyclic) bond motifs is 1. The van der Waals surface area contributed by atoms with Gasteiger partial charge in [-0.3, -0.25) is 0 Å². The van der Waals surface area contributed by atoms with Crippen LogP contribution in [0.3, 0.4) is 0 Å². The Morgan fingerprint density at radius 3 is 2.92 bits per heavy atom. The fourth-order valence-electron chi connectivity index (χ4n) is 2.47. The lowest BCUT2D eigenvalue weighted by Crippen LogP contribution is -2.12. The zero-order chi connectivity index (χ0) is 9.42. The number of aryl methyl sites for hydroxylation is 1. The molecule has 0 fully saturated rings. The highest BCUT2D eigenvalue weighted by atomic mass is 15.0. The maximum atomic E-state index is 2.44. The summed E-state index contributed by atoms with van der Waals surface area (Å²) in [6, 6.07) is 2.93. The van der Waals surface area contributed by atoms with Gasteiger partial charge in [0.2, 0.25) is 0 Å². The van der Waals surface area contributed by atoms with Crippen molar-refractivity contribution in [1.29, 1.82) is 0 Å². The van der Waals surface area contributed by atoms with Crippen molar-refractivity contribution in [2.75, 3.05) is 0 Å². The molecule has 1 nitrogen and oxygen atoms in total. The van der Waals surface area contributed by atoms with Crippen LogP contribution in [0, 0.1) is 0 Å². The molecule has 0 saturated heterocycles. The van der Waals surface area contributed by atoms with E-state index < -0.39 is 0 Å².